The van der Waals surface area contributed by atoms with Gasteiger partial charge in [-0.1, -0.05) is 52.9 Å². The Morgan fingerprint density at radius 2 is 1.72 bits per heavy atom. The van der Waals surface area contributed by atoms with Crippen LogP contribution in [0.1, 0.15) is 18.4 Å². The molecule has 2 saturated heterocycles. The molecule has 0 N–H and O–H groups in total. The maximum absolute atomic E-state index is 10.5. The predicted molar refractivity (Wildman–Crippen MR) is 110 cm³/mol. The molecule has 2 atom stereocenters. The van der Waals surface area contributed by atoms with Crippen molar-refractivity contribution in [3.63, 3.8) is 0 Å². The summed E-state index contributed by atoms with van der Waals surface area (Å²) in [5, 5.41) is 0. The number of carbonyl (C=O) groups excluding carboxylic acids is 2. The Hall–Kier alpha value is -0.300. The molecule has 0 aliphatic carbocycles. The zero-order valence-electron chi connectivity index (χ0n) is 13.7. The SMILES string of the molecule is ICC1COC[C@H](COCc2ccccc2)O1.O=C1CCC(=O)N1I. The molecule has 0 spiro atoms. The normalized spacial score (nSPS) is 23.4. The summed E-state index contributed by atoms with van der Waals surface area (Å²) in [6.45, 7) is 2.58. The third kappa shape index (κ3) is 7.45. The number of amides is 2. The number of halogens is 2. The molecule has 0 aromatic heterocycles. The van der Waals surface area contributed by atoms with Crippen molar-refractivity contribution in [3.8, 4) is 0 Å². The van der Waals surface area contributed by atoms with E-state index in [4.69, 9.17) is 14.2 Å². The number of rotatable bonds is 5. The summed E-state index contributed by atoms with van der Waals surface area (Å²) in [4.78, 5) is 21.0. The van der Waals surface area contributed by atoms with Gasteiger partial charge in [0, 0.05) is 17.3 Å². The Balaban J connectivity index is 0.000000236. The highest BCUT2D eigenvalue weighted by atomic mass is 127. The van der Waals surface area contributed by atoms with Crippen LogP contribution in [0.25, 0.3) is 0 Å². The van der Waals surface area contributed by atoms with Crippen molar-refractivity contribution in [1.82, 2.24) is 3.11 Å². The first kappa shape index (κ1) is 21.0. The molecule has 0 saturated carbocycles. The Bertz CT molecular complexity index is 541. The Kier molecular flexibility index (Phi) is 9.60. The Morgan fingerprint density at radius 1 is 1.08 bits per heavy atom. The van der Waals surface area contributed by atoms with E-state index in [2.05, 4.69) is 34.7 Å². The molecule has 0 radical (unpaired) electrons. The van der Waals surface area contributed by atoms with Gasteiger partial charge in [-0.25, -0.2) is 3.11 Å². The summed E-state index contributed by atoms with van der Waals surface area (Å²) >= 11 is 4.04. The Labute approximate surface area is 175 Å². The molecular weight excluding hydrogens is 552 g/mol. The lowest BCUT2D eigenvalue weighted by Gasteiger charge is -2.29. The summed E-state index contributed by atoms with van der Waals surface area (Å²) < 4.78 is 19.0. The highest BCUT2D eigenvalue weighted by Crippen LogP contribution is 2.15. The molecular formula is C17H21I2NO5. The molecule has 1 aromatic carbocycles. The van der Waals surface area contributed by atoms with E-state index in [1.165, 1.54) is 5.56 Å². The quantitative estimate of drug-likeness (QED) is 0.235. The number of imide groups is 1. The molecule has 2 aliphatic rings. The minimum absolute atomic E-state index is 0.0735. The molecule has 3 rings (SSSR count). The number of ether oxygens (including phenoxy) is 3. The van der Waals surface area contributed by atoms with Crippen LogP contribution in [-0.2, 0) is 30.4 Å². The van der Waals surface area contributed by atoms with E-state index in [1.807, 2.05) is 18.2 Å². The first-order chi connectivity index (χ1) is 12.1. The highest BCUT2D eigenvalue weighted by Gasteiger charge is 2.26. The molecule has 6 nitrogen and oxygen atoms in total. The van der Waals surface area contributed by atoms with Crippen LogP contribution in [0.3, 0.4) is 0 Å². The third-order valence-electron chi connectivity index (χ3n) is 3.57. The van der Waals surface area contributed by atoms with Crippen LogP contribution in [0.4, 0.5) is 0 Å². The minimum atomic E-state index is -0.0735. The van der Waals surface area contributed by atoms with E-state index in [0.29, 0.717) is 39.3 Å². The van der Waals surface area contributed by atoms with Gasteiger partial charge in [0.05, 0.1) is 55.4 Å². The molecule has 2 heterocycles. The van der Waals surface area contributed by atoms with Crippen LogP contribution >= 0.6 is 45.5 Å². The fraction of sp³-hybridized carbons (Fsp3) is 0.529. The molecule has 2 fully saturated rings. The maximum atomic E-state index is 10.5. The van der Waals surface area contributed by atoms with Crippen LogP contribution < -0.4 is 0 Å². The molecule has 1 unspecified atom stereocenters. The van der Waals surface area contributed by atoms with Gasteiger partial charge >= 0.3 is 0 Å². The predicted octanol–water partition coefficient (Wildman–Crippen LogP) is 2.91. The standard InChI is InChI=1S/C13H17IO3.C4H4INO2/c14-6-12-8-16-10-13(17-12)9-15-7-11-4-2-1-3-5-11;5-6-3(7)1-2-4(6)8/h1-5,12-13H,6-10H2;1-2H2/t12?,13-;/m0./s1. The fourth-order valence-electron chi connectivity index (χ4n) is 2.28. The summed E-state index contributed by atoms with van der Waals surface area (Å²) in [6.07, 6.45) is 1.07. The van der Waals surface area contributed by atoms with Gasteiger partial charge in [-0.15, -0.1) is 0 Å². The maximum Gasteiger partial charge on any atom is 0.238 e. The van der Waals surface area contributed by atoms with Gasteiger partial charge in [0.2, 0.25) is 11.8 Å². The van der Waals surface area contributed by atoms with Crippen molar-refractivity contribution in [2.75, 3.05) is 24.2 Å². The van der Waals surface area contributed by atoms with Gasteiger partial charge in [0.1, 0.15) is 6.10 Å². The molecule has 0 bridgehead atoms. The van der Waals surface area contributed by atoms with Crippen molar-refractivity contribution in [2.24, 2.45) is 0 Å². The van der Waals surface area contributed by atoms with E-state index in [1.54, 1.807) is 22.9 Å². The van der Waals surface area contributed by atoms with Gasteiger partial charge in [-0.05, 0) is 5.56 Å². The molecule has 2 amide bonds. The van der Waals surface area contributed by atoms with Gasteiger partial charge in [-0.3, -0.25) is 9.59 Å². The van der Waals surface area contributed by atoms with Crippen molar-refractivity contribution in [2.45, 2.75) is 31.7 Å². The summed E-state index contributed by atoms with van der Waals surface area (Å²) in [5.74, 6) is -0.147. The summed E-state index contributed by atoms with van der Waals surface area (Å²) in [5.41, 5.74) is 1.19. The van der Waals surface area contributed by atoms with Gasteiger partial charge in [0.25, 0.3) is 0 Å². The van der Waals surface area contributed by atoms with E-state index < -0.39 is 0 Å². The van der Waals surface area contributed by atoms with Crippen molar-refractivity contribution in [1.29, 1.82) is 0 Å². The first-order valence-electron chi connectivity index (χ1n) is 8.02. The minimum Gasteiger partial charge on any atom is -0.376 e. The van der Waals surface area contributed by atoms with Crippen LogP contribution in [0.15, 0.2) is 30.3 Å². The second-order valence-electron chi connectivity index (χ2n) is 5.64. The Morgan fingerprint density at radius 3 is 2.28 bits per heavy atom. The average Bonchev–Trinajstić information content (AvgIpc) is 2.94. The largest absolute Gasteiger partial charge is 0.376 e. The third-order valence-corrected chi connectivity index (χ3v) is 5.63. The van der Waals surface area contributed by atoms with Crippen LogP contribution in [-0.4, -0.2) is 51.4 Å². The van der Waals surface area contributed by atoms with Crippen molar-refractivity contribution in [3.05, 3.63) is 35.9 Å². The van der Waals surface area contributed by atoms with Gasteiger partial charge < -0.3 is 14.2 Å². The number of benzene rings is 1. The van der Waals surface area contributed by atoms with E-state index in [9.17, 15) is 9.59 Å². The fourth-order valence-corrected chi connectivity index (χ4v) is 3.23. The lowest BCUT2D eigenvalue weighted by molar-refractivity contribution is -0.150. The van der Waals surface area contributed by atoms with Crippen LogP contribution in [0.2, 0.25) is 0 Å². The van der Waals surface area contributed by atoms with Gasteiger partial charge in [-0.2, -0.15) is 0 Å². The topological polar surface area (TPSA) is 65.1 Å². The molecule has 1 aromatic rings. The molecule has 138 valence electrons. The van der Waals surface area contributed by atoms with E-state index >= 15 is 0 Å². The monoisotopic (exact) mass is 573 g/mol. The molecule has 2 aliphatic heterocycles. The van der Waals surface area contributed by atoms with E-state index in [-0.39, 0.29) is 24.0 Å². The summed E-state index contributed by atoms with van der Waals surface area (Å²) in [6, 6.07) is 10.2. The van der Waals surface area contributed by atoms with Crippen LogP contribution in [0, 0.1) is 0 Å². The lowest BCUT2D eigenvalue weighted by atomic mass is 10.2. The lowest BCUT2D eigenvalue weighted by Crippen LogP contribution is -2.39. The first-order valence-corrected chi connectivity index (χ1v) is 10.5. The number of alkyl halides is 1. The number of hydrogen-bond acceptors (Lipinski definition) is 5. The second kappa shape index (κ2) is 11.4. The number of carbonyl (C=O) groups is 2. The van der Waals surface area contributed by atoms with Crippen molar-refractivity contribution >= 4 is 57.3 Å². The highest BCUT2D eigenvalue weighted by molar-refractivity contribution is 14.1. The number of hydrogen-bond donors (Lipinski definition) is 0. The molecule has 8 heteroatoms. The zero-order chi connectivity index (χ0) is 18.1. The molecule has 25 heavy (non-hydrogen) atoms. The summed E-state index contributed by atoms with van der Waals surface area (Å²) in [7, 11) is 0. The smallest absolute Gasteiger partial charge is 0.238 e. The number of nitrogens with zero attached hydrogens (tertiary/aromatic N) is 1. The van der Waals surface area contributed by atoms with Crippen molar-refractivity contribution < 1.29 is 23.8 Å². The van der Waals surface area contributed by atoms with E-state index in [0.717, 1.165) is 7.54 Å². The second-order valence-corrected chi connectivity index (χ2v) is 7.49. The zero-order valence-corrected chi connectivity index (χ0v) is 18.1. The van der Waals surface area contributed by atoms with Crippen LogP contribution in [0.5, 0.6) is 0 Å². The van der Waals surface area contributed by atoms with Gasteiger partial charge in [0.15, 0.2) is 0 Å². The average molecular weight is 573 g/mol.